The second kappa shape index (κ2) is 7.05. The largest absolute Gasteiger partial charge is 0.472 e. The van der Waals surface area contributed by atoms with Gasteiger partial charge in [0.05, 0.1) is 18.2 Å². The molecule has 0 aliphatic heterocycles. The van der Waals surface area contributed by atoms with E-state index >= 15 is 0 Å². The van der Waals surface area contributed by atoms with E-state index in [0.29, 0.717) is 5.82 Å². The first-order chi connectivity index (χ1) is 11.2. The topological polar surface area (TPSA) is 67.6 Å². The lowest BCUT2D eigenvalue weighted by molar-refractivity contribution is 0.0635. The van der Waals surface area contributed by atoms with Gasteiger partial charge in [-0.15, -0.1) is 0 Å². The number of hydrogen-bond donors (Lipinski definition) is 1. The van der Waals surface area contributed by atoms with Crippen LogP contribution in [-0.2, 0) is 4.74 Å². The summed E-state index contributed by atoms with van der Waals surface area (Å²) in [7, 11) is 3.97. The first kappa shape index (κ1) is 18.0. The van der Waals surface area contributed by atoms with E-state index in [1.807, 2.05) is 47.0 Å². The monoisotopic (exact) mass is 331 g/mol. The molecule has 1 N–H and O–H groups in total. The maximum atomic E-state index is 12.0. The molecule has 2 aromatic heterocycles. The fourth-order valence-corrected chi connectivity index (χ4v) is 2.18. The van der Waals surface area contributed by atoms with E-state index < -0.39 is 11.7 Å². The molecule has 0 aromatic carbocycles. The number of furan rings is 1. The number of carbonyl (C=O) groups is 1. The maximum absolute atomic E-state index is 12.0. The molecule has 0 saturated heterocycles. The lowest BCUT2D eigenvalue weighted by atomic mass is 10.0. The molecule has 0 aliphatic carbocycles. The number of rotatable bonds is 4. The lowest BCUT2D eigenvalue weighted by Gasteiger charge is -2.23. The Hall–Kier alpha value is -2.34. The molecule has 6 heteroatoms. The molecular formula is C18H25N3O3. The molecule has 1 amide bonds. The van der Waals surface area contributed by atoms with Crippen LogP contribution in [0.3, 0.4) is 0 Å². The molecule has 2 aromatic rings. The lowest BCUT2D eigenvalue weighted by Crippen LogP contribution is -2.27. The highest BCUT2D eigenvalue weighted by molar-refractivity contribution is 5.84. The third-order valence-electron chi connectivity index (χ3n) is 3.56. The van der Waals surface area contributed by atoms with Gasteiger partial charge in [-0.2, -0.15) is 0 Å². The Labute approximate surface area is 142 Å². The zero-order valence-corrected chi connectivity index (χ0v) is 15.1. The van der Waals surface area contributed by atoms with Gasteiger partial charge in [0.15, 0.2) is 0 Å². The minimum absolute atomic E-state index is 0.0651. The van der Waals surface area contributed by atoms with Crippen molar-refractivity contribution >= 4 is 11.9 Å². The normalized spacial score (nSPS) is 13.0. The second-order valence-corrected chi connectivity index (χ2v) is 6.91. The van der Waals surface area contributed by atoms with Gasteiger partial charge in [0, 0.05) is 17.2 Å². The average molecular weight is 331 g/mol. The third kappa shape index (κ3) is 4.58. The summed E-state index contributed by atoms with van der Waals surface area (Å²) >= 11 is 0. The van der Waals surface area contributed by atoms with Gasteiger partial charge in [-0.25, -0.2) is 9.78 Å². The zero-order valence-electron chi connectivity index (χ0n) is 15.1. The van der Waals surface area contributed by atoms with Crippen LogP contribution in [0.4, 0.5) is 10.6 Å². The van der Waals surface area contributed by atoms with Crippen LogP contribution in [-0.4, -0.2) is 35.7 Å². The number of pyridine rings is 1. The van der Waals surface area contributed by atoms with Gasteiger partial charge in [0.1, 0.15) is 11.4 Å². The van der Waals surface area contributed by atoms with Gasteiger partial charge < -0.3 is 14.1 Å². The molecule has 1 atom stereocenters. The van der Waals surface area contributed by atoms with Crippen LogP contribution in [0.1, 0.15) is 39.4 Å². The van der Waals surface area contributed by atoms with Crippen molar-refractivity contribution in [1.82, 2.24) is 9.88 Å². The van der Waals surface area contributed by atoms with Crippen molar-refractivity contribution in [2.45, 2.75) is 39.3 Å². The van der Waals surface area contributed by atoms with Gasteiger partial charge in [0.2, 0.25) is 0 Å². The van der Waals surface area contributed by atoms with E-state index in [9.17, 15) is 4.79 Å². The maximum Gasteiger partial charge on any atom is 0.413 e. The Kier molecular flexibility index (Phi) is 5.29. The van der Waals surface area contributed by atoms with Crippen molar-refractivity contribution < 1.29 is 13.9 Å². The van der Waals surface area contributed by atoms with Crippen molar-refractivity contribution in [1.29, 1.82) is 0 Å². The molecule has 0 fully saturated rings. The molecule has 2 rings (SSSR count). The molecular weight excluding hydrogens is 306 g/mol. The summed E-state index contributed by atoms with van der Waals surface area (Å²) in [4.78, 5) is 18.6. The first-order valence-electron chi connectivity index (χ1n) is 7.87. The summed E-state index contributed by atoms with van der Waals surface area (Å²) < 4.78 is 10.5. The number of amides is 1. The van der Waals surface area contributed by atoms with E-state index in [1.54, 1.807) is 18.6 Å². The van der Waals surface area contributed by atoms with Crippen LogP contribution < -0.4 is 5.32 Å². The summed E-state index contributed by atoms with van der Waals surface area (Å²) in [5.41, 5.74) is 2.23. The van der Waals surface area contributed by atoms with Crippen LogP contribution in [0.5, 0.6) is 0 Å². The van der Waals surface area contributed by atoms with E-state index in [1.165, 1.54) is 0 Å². The van der Waals surface area contributed by atoms with Crippen LogP contribution in [0.2, 0.25) is 0 Å². The SMILES string of the molecule is CC(c1nc(NC(=O)OC(C)(C)C)ccc1-c1ccoc1)N(C)C. The third-order valence-corrected chi connectivity index (χ3v) is 3.56. The zero-order chi connectivity index (χ0) is 17.9. The quantitative estimate of drug-likeness (QED) is 0.904. The molecule has 2 heterocycles. The molecule has 6 nitrogen and oxygen atoms in total. The van der Waals surface area contributed by atoms with Gasteiger partial charge >= 0.3 is 6.09 Å². The Morgan fingerprint density at radius 2 is 2.00 bits per heavy atom. The number of hydrogen-bond acceptors (Lipinski definition) is 5. The molecule has 0 saturated carbocycles. The Balaban J connectivity index is 2.32. The summed E-state index contributed by atoms with van der Waals surface area (Å²) in [5, 5.41) is 2.69. The molecule has 0 bridgehead atoms. The Bertz CT molecular complexity index is 688. The number of carbonyl (C=O) groups excluding carboxylic acids is 1. The molecule has 0 radical (unpaired) electrons. The number of nitrogens with zero attached hydrogens (tertiary/aromatic N) is 2. The predicted molar refractivity (Wildman–Crippen MR) is 93.9 cm³/mol. The summed E-state index contributed by atoms with van der Waals surface area (Å²) in [6.07, 6.45) is 2.80. The van der Waals surface area contributed by atoms with Crippen molar-refractivity contribution in [3.8, 4) is 11.1 Å². The van der Waals surface area contributed by atoms with E-state index in [2.05, 4.69) is 22.1 Å². The number of aromatic nitrogens is 1. The van der Waals surface area contributed by atoms with Gasteiger partial charge in [-0.1, -0.05) is 0 Å². The number of ether oxygens (including phenoxy) is 1. The van der Waals surface area contributed by atoms with Crippen LogP contribution in [0.25, 0.3) is 11.1 Å². The van der Waals surface area contributed by atoms with Crippen molar-refractivity contribution in [3.05, 3.63) is 36.4 Å². The van der Waals surface area contributed by atoms with E-state index in [0.717, 1.165) is 16.8 Å². The van der Waals surface area contributed by atoms with Crippen LogP contribution in [0.15, 0.2) is 35.1 Å². The first-order valence-corrected chi connectivity index (χ1v) is 7.87. The number of anilines is 1. The second-order valence-electron chi connectivity index (χ2n) is 6.91. The highest BCUT2D eigenvalue weighted by atomic mass is 16.6. The number of nitrogens with one attached hydrogen (secondary N) is 1. The fraction of sp³-hybridized carbons (Fsp3) is 0.444. The molecule has 130 valence electrons. The molecule has 0 spiro atoms. The highest BCUT2D eigenvalue weighted by Gasteiger charge is 2.20. The fourth-order valence-electron chi connectivity index (χ4n) is 2.18. The minimum Gasteiger partial charge on any atom is -0.472 e. The van der Waals surface area contributed by atoms with Crippen molar-refractivity contribution in [2.75, 3.05) is 19.4 Å². The summed E-state index contributed by atoms with van der Waals surface area (Å²) in [5.74, 6) is 0.459. The average Bonchev–Trinajstić information content (AvgIpc) is 2.98. The van der Waals surface area contributed by atoms with Crippen molar-refractivity contribution in [2.24, 2.45) is 0 Å². The highest BCUT2D eigenvalue weighted by Crippen LogP contribution is 2.30. The molecule has 0 aliphatic rings. The Morgan fingerprint density at radius 3 is 2.54 bits per heavy atom. The van der Waals surface area contributed by atoms with Gasteiger partial charge in [0.25, 0.3) is 0 Å². The summed E-state index contributed by atoms with van der Waals surface area (Å²) in [6.45, 7) is 7.52. The van der Waals surface area contributed by atoms with Crippen LogP contribution in [0, 0.1) is 0 Å². The summed E-state index contributed by atoms with van der Waals surface area (Å²) in [6, 6.07) is 5.65. The molecule has 1 unspecified atom stereocenters. The minimum atomic E-state index is -0.555. The van der Waals surface area contributed by atoms with Crippen molar-refractivity contribution in [3.63, 3.8) is 0 Å². The van der Waals surface area contributed by atoms with Gasteiger partial charge in [-0.3, -0.25) is 5.32 Å². The van der Waals surface area contributed by atoms with Gasteiger partial charge in [-0.05, 0) is 60.0 Å². The predicted octanol–water partition coefficient (Wildman–Crippen LogP) is 4.31. The molecule has 24 heavy (non-hydrogen) atoms. The van der Waals surface area contributed by atoms with E-state index in [-0.39, 0.29) is 6.04 Å². The van der Waals surface area contributed by atoms with Crippen LogP contribution >= 0.6 is 0 Å². The Morgan fingerprint density at radius 1 is 1.29 bits per heavy atom. The standard InChI is InChI=1S/C18H25N3O3/c1-12(21(5)6)16-14(13-9-10-23-11-13)7-8-15(19-16)20-17(22)24-18(2,3)4/h7-12H,1-6H3,(H,19,20,22). The van der Waals surface area contributed by atoms with E-state index in [4.69, 9.17) is 9.15 Å². The smallest absolute Gasteiger partial charge is 0.413 e.